The van der Waals surface area contributed by atoms with Crippen molar-refractivity contribution >= 4 is 17.3 Å². The van der Waals surface area contributed by atoms with Gasteiger partial charge in [-0.05, 0) is 55.5 Å². The molecule has 1 aliphatic carbocycles. The maximum atomic E-state index is 10.8. The quantitative estimate of drug-likeness (QED) is 0.835. The van der Waals surface area contributed by atoms with Crippen LogP contribution in [-0.2, 0) is 4.79 Å². The number of aryl methyl sites for hydroxylation is 1. The Morgan fingerprint density at radius 2 is 2.07 bits per heavy atom. The molecule has 1 fully saturated rings. The fraction of sp³-hybridized carbons (Fsp3) is 0.583. The first kappa shape index (κ1) is 10.7. The highest BCUT2D eigenvalue weighted by molar-refractivity contribution is 7.10. The third-order valence-electron chi connectivity index (χ3n) is 3.35. The van der Waals surface area contributed by atoms with Crippen LogP contribution >= 0.6 is 11.3 Å². The Kier molecular flexibility index (Phi) is 3.10. The van der Waals surface area contributed by atoms with E-state index in [1.54, 1.807) is 0 Å². The molecule has 1 heterocycles. The van der Waals surface area contributed by atoms with E-state index in [1.165, 1.54) is 10.4 Å². The summed E-state index contributed by atoms with van der Waals surface area (Å²) in [6.07, 6.45) is 3.77. The first-order chi connectivity index (χ1) is 7.18. The molecule has 0 radical (unpaired) electrons. The molecule has 0 saturated heterocycles. The Balaban J connectivity index is 2.00. The van der Waals surface area contributed by atoms with E-state index in [0.717, 1.165) is 25.7 Å². The highest BCUT2D eigenvalue weighted by atomic mass is 32.1. The molecule has 15 heavy (non-hydrogen) atoms. The molecular weight excluding hydrogens is 208 g/mol. The van der Waals surface area contributed by atoms with Crippen molar-refractivity contribution in [2.75, 3.05) is 0 Å². The van der Waals surface area contributed by atoms with Gasteiger partial charge in [-0.25, -0.2) is 0 Å². The Labute approximate surface area is 93.9 Å². The molecule has 2 rings (SSSR count). The average molecular weight is 224 g/mol. The number of carbonyl (C=O) groups is 1. The molecule has 1 saturated carbocycles. The summed E-state index contributed by atoms with van der Waals surface area (Å²) in [6.45, 7) is 2.15. The Morgan fingerprint density at radius 3 is 2.53 bits per heavy atom. The third-order valence-corrected chi connectivity index (χ3v) is 4.53. The lowest BCUT2D eigenvalue weighted by molar-refractivity contribution is -0.142. The molecular formula is C12H16O2S. The van der Waals surface area contributed by atoms with Crippen LogP contribution in [-0.4, -0.2) is 11.1 Å². The van der Waals surface area contributed by atoms with E-state index in [9.17, 15) is 4.79 Å². The van der Waals surface area contributed by atoms with Gasteiger partial charge < -0.3 is 5.11 Å². The molecule has 1 aromatic rings. The van der Waals surface area contributed by atoms with Crippen LogP contribution < -0.4 is 0 Å². The van der Waals surface area contributed by atoms with Gasteiger partial charge in [0.25, 0.3) is 0 Å². The topological polar surface area (TPSA) is 37.3 Å². The summed E-state index contributed by atoms with van der Waals surface area (Å²) in [5.41, 5.74) is 1.37. The number of aliphatic carboxylic acids is 1. The van der Waals surface area contributed by atoms with E-state index < -0.39 is 5.97 Å². The van der Waals surface area contributed by atoms with Crippen molar-refractivity contribution in [2.45, 2.75) is 38.5 Å². The summed E-state index contributed by atoms with van der Waals surface area (Å²) in [5.74, 6) is -0.0986. The van der Waals surface area contributed by atoms with Crippen LogP contribution in [0.15, 0.2) is 11.4 Å². The molecule has 1 aliphatic rings. The van der Waals surface area contributed by atoms with Crippen molar-refractivity contribution < 1.29 is 9.90 Å². The largest absolute Gasteiger partial charge is 0.481 e. The lowest BCUT2D eigenvalue weighted by Crippen LogP contribution is -2.20. The number of thiophene rings is 1. The van der Waals surface area contributed by atoms with Gasteiger partial charge in [-0.2, -0.15) is 0 Å². The molecule has 82 valence electrons. The van der Waals surface area contributed by atoms with E-state index in [4.69, 9.17) is 5.11 Å². The molecule has 0 aliphatic heterocycles. The number of hydrogen-bond acceptors (Lipinski definition) is 2. The molecule has 1 aromatic heterocycles. The van der Waals surface area contributed by atoms with Crippen LogP contribution in [0.1, 0.15) is 42.0 Å². The highest BCUT2D eigenvalue weighted by Gasteiger charge is 2.27. The maximum absolute atomic E-state index is 10.8. The summed E-state index contributed by atoms with van der Waals surface area (Å²) in [4.78, 5) is 12.3. The Hall–Kier alpha value is -0.830. The normalized spacial score (nSPS) is 26.5. The maximum Gasteiger partial charge on any atom is 0.306 e. The van der Waals surface area contributed by atoms with Gasteiger partial charge in [0.15, 0.2) is 0 Å². The summed E-state index contributed by atoms with van der Waals surface area (Å²) >= 11 is 1.82. The van der Waals surface area contributed by atoms with E-state index in [-0.39, 0.29) is 5.92 Å². The van der Waals surface area contributed by atoms with E-state index >= 15 is 0 Å². The molecule has 3 heteroatoms. The third kappa shape index (κ3) is 2.23. The molecule has 0 atom stereocenters. The second kappa shape index (κ2) is 4.35. The average Bonchev–Trinajstić information content (AvgIpc) is 2.65. The van der Waals surface area contributed by atoms with E-state index in [2.05, 4.69) is 18.4 Å². The van der Waals surface area contributed by atoms with Gasteiger partial charge in [0, 0.05) is 4.88 Å². The van der Waals surface area contributed by atoms with Crippen molar-refractivity contribution in [1.29, 1.82) is 0 Å². The molecule has 0 aromatic carbocycles. The minimum Gasteiger partial charge on any atom is -0.481 e. The van der Waals surface area contributed by atoms with Gasteiger partial charge in [-0.3, -0.25) is 4.79 Å². The lowest BCUT2D eigenvalue weighted by Gasteiger charge is -2.25. The summed E-state index contributed by atoms with van der Waals surface area (Å²) < 4.78 is 0. The number of hydrogen-bond donors (Lipinski definition) is 1. The molecule has 1 N–H and O–H groups in total. The predicted octanol–water partition coefficient (Wildman–Crippen LogP) is 3.41. The van der Waals surface area contributed by atoms with Crippen LogP contribution in [0.3, 0.4) is 0 Å². The number of rotatable bonds is 2. The minimum absolute atomic E-state index is 0.0958. The molecule has 2 nitrogen and oxygen atoms in total. The summed E-state index contributed by atoms with van der Waals surface area (Å²) in [5, 5.41) is 11.0. The zero-order valence-corrected chi connectivity index (χ0v) is 9.72. The number of carboxylic acid groups (broad SMARTS) is 1. The summed E-state index contributed by atoms with van der Waals surface area (Å²) in [6, 6.07) is 2.16. The van der Waals surface area contributed by atoms with Gasteiger partial charge in [0.1, 0.15) is 0 Å². The van der Waals surface area contributed by atoms with Gasteiger partial charge in [-0.1, -0.05) is 0 Å². The fourth-order valence-electron chi connectivity index (χ4n) is 2.41. The van der Waals surface area contributed by atoms with Crippen LogP contribution in [0.2, 0.25) is 0 Å². The van der Waals surface area contributed by atoms with Gasteiger partial charge in [-0.15, -0.1) is 11.3 Å². The lowest BCUT2D eigenvalue weighted by atomic mass is 9.81. The van der Waals surface area contributed by atoms with Gasteiger partial charge >= 0.3 is 5.97 Å². The second-order valence-corrected chi connectivity index (χ2v) is 5.30. The van der Waals surface area contributed by atoms with Crippen molar-refractivity contribution in [3.63, 3.8) is 0 Å². The van der Waals surface area contributed by atoms with E-state index in [0.29, 0.717) is 5.92 Å². The first-order valence-electron chi connectivity index (χ1n) is 5.45. The predicted molar refractivity (Wildman–Crippen MR) is 61.4 cm³/mol. The SMILES string of the molecule is Cc1ccsc1C1CCC(C(=O)O)CC1. The first-order valence-corrected chi connectivity index (χ1v) is 6.33. The van der Waals surface area contributed by atoms with Crippen LogP contribution in [0.25, 0.3) is 0 Å². The number of carboxylic acids is 1. The Bertz CT molecular complexity index is 348. The van der Waals surface area contributed by atoms with Crippen LogP contribution in [0.4, 0.5) is 0 Å². The van der Waals surface area contributed by atoms with Crippen molar-refractivity contribution in [1.82, 2.24) is 0 Å². The monoisotopic (exact) mass is 224 g/mol. The molecule has 0 amide bonds. The summed E-state index contributed by atoms with van der Waals surface area (Å²) in [7, 11) is 0. The Morgan fingerprint density at radius 1 is 1.40 bits per heavy atom. The highest BCUT2D eigenvalue weighted by Crippen LogP contribution is 2.39. The molecule has 0 spiro atoms. The van der Waals surface area contributed by atoms with E-state index in [1.807, 2.05) is 11.3 Å². The smallest absolute Gasteiger partial charge is 0.306 e. The van der Waals surface area contributed by atoms with Crippen LogP contribution in [0, 0.1) is 12.8 Å². The minimum atomic E-state index is -0.614. The van der Waals surface area contributed by atoms with Gasteiger partial charge in [0.05, 0.1) is 5.92 Å². The van der Waals surface area contributed by atoms with Gasteiger partial charge in [0.2, 0.25) is 0 Å². The van der Waals surface area contributed by atoms with Crippen molar-refractivity contribution in [3.05, 3.63) is 21.9 Å². The fourth-order valence-corrected chi connectivity index (χ4v) is 3.51. The molecule has 0 bridgehead atoms. The zero-order valence-electron chi connectivity index (χ0n) is 8.90. The van der Waals surface area contributed by atoms with Crippen molar-refractivity contribution in [3.8, 4) is 0 Å². The molecule has 0 unspecified atom stereocenters. The van der Waals surface area contributed by atoms with Crippen molar-refractivity contribution in [2.24, 2.45) is 5.92 Å². The van der Waals surface area contributed by atoms with Crippen LogP contribution in [0.5, 0.6) is 0 Å². The second-order valence-electron chi connectivity index (χ2n) is 4.35. The zero-order chi connectivity index (χ0) is 10.8. The standard InChI is InChI=1S/C12H16O2S/c1-8-6-7-15-11(8)9-2-4-10(5-3-9)12(13)14/h6-7,9-10H,2-5H2,1H3,(H,13,14).